The van der Waals surface area contributed by atoms with Crippen LogP contribution >= 0.6 is 0 Å². The van der Waals surface area contributed by atoms with Gasteiger partial charge in [0.1, 0.15) is 12.0 Å². The van der Waals surface area contributed by atoms with Crippen LogP contribution < -0.4 is 5.32 Å². The van der Waals surface area contributed by atoms with Crippen LogP contribution in [-0.4, -0.2) is 18.7 Å². The second-order valence-corrected chi connectivity index (χ2v) is 6.01. The minimum Gasteiger partial charge on any atom is -0.367 e. The minimum atomic E-state index is -4.33. The first-order chi connectivity index (χ1) is 11.3. The minimum absolute atomic E-state index is 0.121. The third kappa shape index (κ3) is 4.96. The van der Waals surface area contributed by atoms with Gasteiger partial charge in [-0.15, -0.1) is 0 Å². The Morgan fingerprint density at radius 1 is 1.21 bits per heavy atom. The van der Waals surface area contributed by atoms with Crippen molar-refractivity contribution < 1.29 is 22.7 Å². The highest BCUT2D eigenvalue weighted by atomic mass is 19.4. The zero-order valence-corrected chi connectivity index (χ0v) is 13.2. The van der Waals surface area contributed by atoms with E-state index in [4.69, 9.17) is 0 Å². The van der Waals surface area contributed by atoms with E-state index in [0.29, 0.717) is 18.4 Å². The van der Waals surface area contributed by atoms with Crippen LogP contribution in [-0.2, 0) is 22.7 Å². The van der Waals surface area contributed by atoms with E-state index in [2.05, 4.69) is 16.1 Å². The van der Waals surface area contributed by atoms with Gasteiger partial charge >= 0.3 is 6.18 Å². The highest BCUT2D eigenvalue weighted by Gasteiger charge is 2.41. The van der Waals surface area contributed by atoms with Gasteiger partial charge in [-0.2, -0.15) is 18.4 Å². The monoisotopic (exact) mass is 340 g/mol. The number of ether oxygens (including phenoxy) is 1. The van der Waals surface area contributed by atoms with Crippen molar-refractivity contribution in [2.45, 2.75) is 45.0 Å². The van der Waals surface area contributed by atoms with Gasteiger partial charge in [0.05, 0.1) is 12.7 Å². The van der Waals surface area contributed by atoms with Crippen molar-refractivity contribution in [2.24, 2.45) is 5.41 Å². The molecule has 1 aromatic carbocycles. The van der Waals surface area contributed by atoms with Crippen LogP contribution in [0.3, 0.4) is 0 Å². The Kier molecular flexibility index (Phi) is 5.84. The lowest BCUT2D eigenvalue weighted by Gasteiger charge is -2.19. The summed E-state index contributed by atoms with van der Waals surface area (Å²) in [5, 5.41) is 12.0. The number of carbonyl (C=O) groups excluding carboxylic acids is 1. The van der Waals surface area contributed by atoms with E-state index < -0.39 is 18.2 Å². The Balaban J connectivity index is 1.81. The second-order valence-electron chi connectivity index (χ2n) is 6.01. The van der Waals surface area contributed by atoms with Gasteiger partial charge in [0, 0.05) is 6.54 Å². The van der Waals surface area contributed by atoms with E-state index in [1.54, 1.807) is 24.3 Å². The number of hydrogen-bond acceptors (Lipinski definition) is 3. The maximum absolute atomic E-state index is 12.2. The third-order valence-corrected chi connectivity index (χ3v) is 4.12. The molecular formula is C17H19F3N2O2. The van der Waals surface area contributed by atoms with Crippen LogP contribution in [0.4, 0.5) is 13.2 Å². The Morgan fingerprint density at radius 2 is 1.79 bits per heavy atom. The number of nitrogens with one attached hydrogen (secondary N) is 1. The smallest absolute Gasteiger partial charge is 0.367 e. The van der Waals surface area contributed by atoms with Crippen LogP contribution in [0.25, 0.3) is 0 Å². The molecule has 0 atom stereocenters. The van der Waals surface area contributed by atoms with Crippen molar-refractivity contribution in [3.63, 3.8) is 0 Å². The molecule has 4 nitrogen and oxygen atoms in total. The number of carbonyl (C=O) groups is 1. The van der Waals surface area contributed by atoms with Crippen molar-refractivity contribution in [1.29, 1.82) is 5.26 Å². The van der Waals surface area contributed by atoms with E-state index in [1.165, 1.54) is 0 Å². The fourth-order valence-corrected chi connectivity index (χ4v) is 2.76. The fourth-order valence-electron chi connectivity index (χ4n) is 2.76. The van der Waals surface area contributed by atoms with Crippen molar-refractivity contribution >= 4 is 5.91 Å². The van der Waals surface area contributed by atoms with Crippen molar-refractivity contribution in [2.75, 3.05) is 6.61 Å². The summed E-state index contributed by atoms with van der Waals surface area (Å²) < 4.78 is 40.6. The molecule has 0 spiro atoms. The molecule has 1 aliphatic rings. The molecule has 1 aromatic rings. The number of amides is 1. The summed E-state index contributed by atoms with van der Waals surface area (Å²) in [4.78, 5) is 12.2. The van der Waals surface area contributed by atoms with Gasteiger partial charge < -0.3 is 10.1 Å². The number of halogens is 3. The van der Waals surface area contributed by atoms with E-state index in [0.717, 1.165) is 18.4 Å². The average Bonchev–Trinajstić information content (AvgIpc) is 3.03. The standard InChI is InChI=1S/C17H19F3N2O2/c18-17(19,20)12-24-10-14-5-3-13(4-6-14)9-22-15(23)16(11-21)7-1-2-8-16/h3-6H,1-2,7-10,12H2,(H,22,23). The summed E-state index contributed by atoms with van der Waals surface area (Å²) in [5.41, 5.74) is 0.526. The molecule has 24 heavy (non-hydrogen) atoms. The normalized spacial score (nSPS) is 16.6. The number of nitrogens with zero attached hydrogens (tertiary/aromatic N) is 1. The van der Waals surface area contributed by atoms with Crippen LogP contribution in [0.2, 0.25) is 0 Å². The number of hydrogen-bond donors (Lipinski definition) is 1. The molecule has 1 saturated carbocycles. The number of alkyl halides is 3. The number of nitriles is 1. The van der Waals surface area contributed by atoms with Crippen molar-refractivity contribution in [1.82, 2.24) is 5.32 Å². The second kappa shape index (κ2) is 7.67. The molecule has 2 rings (SSSR count). The predicted molar refractivity (Wildman–Crippen MR) is 80.5 cm³/mol. The molecule has 1 amide bonds. The largest absolute Gasteiger partial charge is 0.411 e. The molecule has 1 aliphatic carbocycles. The van der Waals surface area contributed by atoms with Gasteiger partial charge in [-0.1, -0.05) is 37.1 Å². The Morgan fingerprint density at radius 3 is 2.33 bits per heavy atom. The molecular weight excluding hydrogens is 321 g/mol. The lowest BCUT2D eigenvalue weighted by atomic mass is 9.87. The molecule has 0 heterocycles. The van der Waals surface area contributed by atoms with Crippen molar-refractivity contribution in [3.8, 4) is 6.07 Å². The first-order valence-corrected chi connectivity index (χ1v) is 7.76. The molecule has 0 aliphatic heterocycles. The fraction of sp³-hybridized carbons (Fsp3) is 0.529. The maximum Gasteiger partial charge on any atom is 0.411 e. The van der Waals surface area contributed by atoms with Crippen LogP contribution in [0.15, 0.2) is 24.3 Å². The molecule has 7 heteroatoms. The summed E-state index contributed by atoms with van der Waals surface area (Å²) in [5.74, 6) is -0.250. The number of rotatable bonds is 6. The van der Waals surface area contributed by atoms with Crippen LogP contribution in [0.5, 0.6) is 0 Å². The molecule has 0 radical (unpaired) electrons. The van der Waals surface area contributed by atoms with E-state index >= 15 is 0 Å². The SMILES string of the molecule is N#CC1(C(=O)NCc2ccc(COCC(F)(F)F)cc2)CCCC1. The molecule has 130 valence electrons. The first-order valence-electron chi connectivity index (χ1n) is 7.76. The van der Waals surface area contributed by atoms with Gasteiger partial charge in [-0.05, 0) is 24.0 Å². The average molecular weight is 340 g/mol. The van der Waals surface area contributed by atoms with E-state index in [9.17, 15) is 23.2 Å². The van der Waals surface area contributed by atoms with Gasteiger partial charge in [0.2, 0.25) is 5.91 Å². The van der Waals surface area contributed by atoms with Gasteiger partial charge in [-0.3, -0.25) is 4.79 Å². The van der Waals surface area contributed by atoms with Crippen molar-refractivity contribution in [3.05, 3.63) is 35.4 Å². The number of benzene rings is 1. The zero-order chi connectivity index (χ0) is 17.6. The summed E-state index contributed by atoms with van der Waals surface area (Å²) in [6.07, 6.45) is -1.39. The molecule has 0 bridgehead atoms. The lowest BCUT2D eigenvalue weighted by molar-refractivity contribution is -0.176. The Labute approximate surface area is 138 Å². The molecule has 1 N–H and O–H groups in total. The predicted octanol–water partition coefficient (Wildman–Crippen LogP) is 3.47. The van der Waals surface area contributed by atoms with E-state index in [-0.39, 0.29) is 19.1 Å². The van der Waals surface area contributed by atoms with E-state index in [1.807, 2.05) is 0 Å². The summed E-state index contributed by atoms with van der Waals surface area (Å²) >= 11 is 0. The maximum atomic E-state index is 12.2. The lowest BCUT2D eigenvalue weighted by Crippen LogP contribution is -2.37. The Bertz CT molecular complexity index is 600. The van der Waals surface area contributed by atoms with Gasteiger partial charge in [0.15, 0.2) is 0 Å². The highest BCUT2D eigenvalue weighted by molar-refractivity contribution is 5.85. The Hall–Kier alpha value is -2.07. The molecule has 0 saturated heterocycles. The van der Waals surface area contributed by atoms with Gasteiger partial charge in [-0.25, -0.2) is 0 Å². The third-order valence-electron chi connectivity index (χ3n) is 4.12. The molecule has 0 aromatic heterocycles. The molecule has 0 unspecified atom stereocenters. The van der Waals surface area contributed by atoms with Crippen LogP contribution in [0.1, 0.15) is 36.8 Å². The topological polar surface area (TPSA) is 62.1 Å². The van der Waals surface area contributed by atoms with Gasteiger partial charge in [0.25, 0.3) is 0 Å². The van der Waals surface area contributed by atoms with Crippen LogP contribution in [0, 0.1) is 16.7 Å². The summed E-state index contributed by atoms with van der Waals surface area (Å²) in [6, 6.07) is 8.90. The quantitative estimate of drug-likeness (QED) is 0.862. The summed E-state index contributed by atoms with van der Waals surface area (Å²) in [6.45, 7) is -1.11. The zero-order valence-electron chi connectivity index (χ0n) is 13.2. The molecule has 1 fully saturated rings. The summed E-state index contributed by atoms with van der Waals surface area (Å²) in [7, 11) is 0. The highest BCUT2D eigenvalue weighted by Crippen LogP contribution is 2.37. The first kappa shape index (κ1) is 18.3.